The zero-order valence-electron chi connectivity index (χ0n) is 18.6. The number of benzene rings is 1. The van der Waals surface area contributed by atoms with Gasteiger partial charge in [0.2, 0.25) is 5.91 Å². The first-order valence-electron chi connectivity index (χ1n) is 10.7. The SMILES string of the molecule is CC(C)(C)c1noc(-c2ccccc2C(=O)N2CCN(C(=O)Cc3ccccn3)CC2)n1. The van der Waals surface area contributed by atoms with Crippen LogP contribution in [-0.2, 0) is 16.6 Å². The molecule has 1 fully saturated rings. The Morgan fingerprint density at radius 3 is 2.31 bits per heavy atom. The van der Waals surface area contributed by atoms with Gasteiger partial charge in [0.25, 0.3) is 11.8 Å². The molecule has 1 aliphatic heterocycles. The van der Waals surface area contributed by atoms with Gasteiger partial charge in [0.05, 0.1) is 17.5 Å². The Bertz CT molecular complexity index is 1100. The Labute approximate surface area is 187 Å². The minimum Gasteiger partial charge on any atom is -0.339 e. The predicted molar refractivity (Wildman–Crippen MR) is 119 cm³/mol. The van der Waals surface area contributed by atoms with Crippen LogP contribution in [-0.4, -0.2) is 62.9 Å². The zero-order valence-corrected chi connectivity index (χ0v) is 18.6. The zero-order chi connectivity index (χ0) is 22.7. The minimum absolute atomic E-state index is 0.0248. The normalized spacial score (nSPS) is 14.5. The molecule has 1 aliphatic rings. The van der Waals surface area contributed by atoms with E-state index < -0.39 is 0 Å². The Morgan fingerprint density at radius 2 is 1.66 bits per heavy atom. The molecule has 1 saturated heterocycles. The third-order valence-electron chi connectivity index (χ3n) is 5.46. The van der Waals surface area contributed by atoms with E-state index in [1.54, 1.807) is 22.1 Å². The van der Waals surface area contributed by atoms with Crippen molar-refractivity contribution < 1.29 is 14.1 Å². The van der Waals surface area contributed by atoms with Crippen molar-refractivity contribution in [2.24, 2.45) is 0 Å². The van der Waals surface area contributed by atoms with Gasteiger partial charge in [-0.05, 0) is 24.3 Å². The highest BCUT2D eigenvalue weighted by Gasteiger charge is 2.28. The Balaban J connectivity index is 1.44. The molecule has 0 saturated carbocycles. The van der Waals surface area contributed by atoms with E-state index in [-0.39, 0.29) is 23.7 Å². The molecule has 0 N–H and O–H groups in total. The lowest BCUT2D eigenvalue weighted by Crippen LogP contribution is -2.51. The first-order chi connectivity index (χ1) is 15.3. The lowest BCUT2D eigenvalue weighted by Gasteiger charge is -2.35. The number of piperazine rings is 1. The summed E-state index contributed by atoms with van der Waals surface area (Å²) in [7, 11) is 0. The highest BCUT2D eigenvalue weighted by atomic mass is 16.5. The maximum Gasteiger partial charge on any atom is 0.258 e. The van der Waals surface area contributed by atoms with E-state index in [2.05, 4.69) is 15.1 Å². The van der Waals surface area contributed by atoms with Gasteiger partial charge in [-0.3, -0.25) is 14.6 Å². The molecule has 0 atom stereocenters. The third kappa shape index (κ3) is 4.69. The molecule has 4 rings (SSSR count). The number of rotatable bonds is 4. The third-order valence-corrected chi connectivity index (χ3v) is 5.46. The van der Waals surface area contributed by atoms with E-state index in [1.165, 1.54) is 0 Å². The number of aromatic nitrogens is 3. The van der Waals surface area contributed by atoms with Crippen LogP contribution in [0.4, 0.5) is 0 Å². The van der Waals surface area contributed by atoms with Gasteiger partial charge < -0.3 is 14.3 Å². The summed E-state index contributed by atoms with van der Waals surface area (Å²) in [5.41, 5.74) is 1.64. The van der Waals surface area contributed by atoms with Crippen LogP contribution < -0.4 is 0 Å². The molecule has 2 amide bonds. The molecule has 8 heteroatoms. The minimum atomic E-state index is -0.251. The lowest BCUT2D eigenvalue weighted by atomic mass is 9.96. The van der Waals surface area contributed by atoms with E-state index in [0.717, 1.165) is 5.69 Å². The summed E-state index contributed by atoms with van der Waals surface area (Å²) >= 11 is 0. The van der Waals surface area contributed by atoms with Crippen molar-refractivity contribution in [2.45, 2.75) is 32.6 Å². The Kier molecular flexibility index (Phi) is 6.03. The number of nitrogens with zero attached hydrogens (tertiary/aromatic N) is 5. The van der Waals surface area contributed by atoms with Crippen molar-refractivity contribution in [2.75, 3.05) is 26.2 Å². The van der Waals surface area contributed by atoms with E-state index in [4.69, 9.17) is 4.52 Å². The van der Waals surface area contributed by atoms with Crippen molar-refractivity contribution in [3.8, 4) is 11.5 Å². The molecule has 0 unspecified atom stereocenters. The molecule has 166 valence electrons. The monoisotopic (exact) mass is 433 g/mol. The van der Waals surface area contributed by atoms with Crippen LogP contribution in [0.25, 0.3) is 11.5 Å². The van der Waals surface area contributed by atoms with Crippen LogP contribution >= 0.6 is 0 Å². The van der Waals surface area contributed by atoms with Gasteiger partial charge in [0, 0.05) is 43.5 Å². The van der Waals surface area contributed by atoms with Crippen molar-refractivity contribution in [3.63, 3.8) is 0 Å². The van der Waals surface area contributed by atoms with Crippen LogP contribution in [0.3, 0.4) is 0 Å². The number of pyridine rings is 1. The number of hydrogen-bond donors (Lipinski definition) is 0. The van der Waals surface area contributed by atoms with E-state index >= 15 is 0 Å². The average molecular weight is 434 g/mol. The summed E-state index contributed by atoms with van der Waals surface area (Å²) < 4.78 is 5.47. The average Bonchev–Trinajstić information content (AvgIpc) is 3.30. The first-order valence-corrected chi connectivity index (χ1v) is 10.7. The molecule has 1 aromatic carbocycles. The smallest absolute Gasteiger partial charge is 0.258 e. The molecule has 3 heterocycles. The second kappa shape index (κ2) is 8.90. The molecule has 0 spiro atoms. The molecule has 0 aliphatic carbocycles. The van der Waals surface area contributed by atoms with Gasteiger partial charge in [-0.1, -0.05) is 44.1 Å². The van der Waals surface area contributed by atoms with Crippen LogP contribution in [0, 0.1) is 0 Å². The molecule has 8 nitrogen and oxygen atoms in total. The van der Waals surface area contributed by atoms with Crippen molar-refractivity contribution in [1.29, 1.82) is 0 Å². The van der Waals surface area contributed by atoms with Crippen molar-refractivity contribution in [1.82, 2.24) is 24.9 Å². The maximum absolute atomic E-state index is 13.3. The van der Waals surface area contributed by atoms with E-state index in [9.17, 15) is 9.59 Å². The van der Waals surface area contributed by atoms with Crippen molar-refractivity contribution in [3.05, 3.63) is 65.7 Å². The standard InChI is InChI=1S/C24H27N5O3/c1-24(2,3)23-26-21(32-27-23)18-9-4-5-10-19(18)22(31)29-14-12-28(13-15-29)20(30)16-17-8-6-7-11-25-17/h4-11H,12-16H2,1-3H3. The molecule has 0 radical (unpaired) electrons. The topological polar surface area (TPSA) is 92.4 Å². The van der Waals surface area contributed by atoms with Crippen LogP contribution in [0.5, 0.6) is 0 Å². The van der Waals surface area contributed by atoms with E-state index in [1.807, 2.05) is 57.2 Å². The van der Waals surface area contributed by atoms with Gasteiger partial charge in [-0.2, -0.15) is 4.98 Å². The highest BCUT2D eigenvalue weighted by molar-refractivity contribution is 6.00. The van der Waals surface area contributed by atoms with Gasteiger partial charge in [0.1, 0.15) is 0 Å². The second-order valence-electron chi connectivity index (χ2n) is 8.89. The van der Waals surface area contributed by atoms with Gasteiger partial charge in [0.15, 0.2) is 5.82 Å². The van der Waals surface area contributed by atoms with Gasteiger partial charge >= 0.3 is 0 Å². The summed E-state index contributed by atoms with van der Waals surface area (Å²) in [5.74, 6) is 0.850. The largest absolute Gasteiger partial charge is 0.339 e. The molecule has 2 aromatic heterocycles. The Hall–Kier alpha value is -3.55. The molecule has 3 aromatic rings. The molecule has 32 heavy (non-hydrogen) atoms. The fourth-order valence-electron chi connectivity index (χ4n) is 3.59. The van der Waals surface area contributed by atoms with Crippen LogP contribution in [0.2, 0.25) is 0 Å². The first kappa shape index (κ1) is 21.7. The lowest BCUT2D eigenvalue weighted by molar-refractivity contribution is -0.132. The molecular formula is C24H27N5O3. The maximum atomic E-state index is 13.3. The summed E-state index contributed by atoms with van der Waals surface area (Å²) in [6.07, 6.45) is 1.95. The quantitative estimate of drug-likeness (QED) is 0.628. The number of carbonyl (C=O) groups is 2. The predicted octanol–water partition coefficient (Wildman–Crippen LogP) is 2.96. The fourth-order valence-corrected chi connectivity index (χ4v) is 3.59. The summed E-state index contributed by atoms with van der Waals surface area (Å²) in [4.78, 5) is 38.2. The number of carbonyl (C=O) groups excluding carboxylic acids is 2. The van der Waals surface area contributed by atoms with Crippen LogP contribution in [0.1, 0.15) is 42.6 Å². The Morgan fingerprint density at radius 1 is 0.969 bits per heavy atom. The second-order valence-corrected chi connectivity index (χ2v) is 8.89. The van der Waals surface area contributed by atoms with Crippen LogP contribution in [0.15, 0.2) is 53.2 Å². The highest BCUT2D eigenvalue weighted by Crippen LogP contribution is 2.27. The summed E-state index contributed by atoms with van der Waals surface area (Å²) in [6.45, 7) is 7.95. The van der Waals surface area contributed by atoms with Gasteiger partial charge in [-0.25, -0.2) is 0 Å². The summed E-state index contributed by atoms with van der Waals surface area (Å²) in [6, 6.07) is 12.8. The van der Waals surface area contributed by atoms with Crippen molar-refractivity contribution >= 4 is 11.8 Å². The summed E-state index contributed by atoms with van der Waals surface area (Å²) in [5, 5.41) is 4.08. The van der Waals surface area contributed by atoms with E-state index in [0.29, 0.717) is 49.0 Å². The number of amides is 2. The molecule has 0 bridgehead atoms. The fraction of sp³-hybridized carbons (Fsp3) is 0.375. The molecular weight excluding hydrogens is 406 g/mol. The number of hydrogen-bond acceptors (Lipinski definition) is 6. The van der Waals surface area contributed by atoms with Gasteiger partial charge in [-0.15, -0.1) is 0 Å².